The van der Waals surface area contributed by atoms with Gasteiger partial charge in [-0.2, -0.15) is 20.0 Å². The summed E-state index contributed by atoms with van der Waals surface area (Å²) in [5.41, 5.74) is 2.77. The number of aromatic nitrogens is 4. The zero-order valence-corrected chi connectivity index (χ0v) is 18.9. The molecule has 1 fully saturated rings. The van der Waals surface area contributed by atoms with Gasteiger partial charge in [0.25, 0.3) is 0 Å². The van der Waals surface area contributed by atoms with Crippen LogP contribution in [0.4, 0.5) is 17.5 Å². The molecular formula is C22H24ClN9. The Balaban J connectivity index is 1.69. The first-order valence-electron chi connectivity index (χ1n) is 10.5. The number of benzene rings is 1. The van der Waals surface area contributed by atoms with Crippen molar-refractivity contribution < 1.29 is 0 Å². The van der Waals surface area contributed by atoms with Crippen molar-refractivity contribution in [3.63, 3.8) is 0 Å². The molecule has 10 heteroatoms. The van der Waals surface area contributed by atoms with Crippen molar-refractivity contribution in [1.82, 2.24) is 24.9 Å². The van der Waals surface area contributed by atoms with E-state index >= 15 is 0 Å². The Morgan fingerprint density at radius 1 is 1.25 bits per heavy atom. The molecule has 0 spiro atoms. The molecule has 0 saturated heterocycles. The maximum Gasteiger partial charge on any atom is 0.247 e. The number of fused-ring (bicyclic) bond motifs is 1. The highest BCUT2D eigenvalue weighted by atomic mass is 35.5. The van der Waals surface area contributed by atoms with Crippen LogP contribution in [-0.4, -0.2) is 38.7 Å². The Morgan fingerprint density at radius 2 is 2.03 bits per heavy atom. The maximum atomic E-state index is 9.75. The molecular weight excluding hydrogens is 426 g/mol. The van der Waals surface area contributed by atoms with Crippen molar-refractivity contribution in [3.8, 4) is 12.1 Å². The lowest BCUT2D eigenvalue weighted by atomic mass is 9.90. The Hall–Kier alpha value is -3.40. The third-order valence-corrected chi connectivity index (χ3v) is 5.94. The first kappa shape index (κ1) is 21.8. The highest BCUT2D eigenvalue weighted by molar-refractivity contribution is 6.33. The summed E-state index contributed by atoms with van der Waals surface area (Å²) in [4.78, 5) is 8.83. The van der Waals surface area contributed by atoms with E-state index in [2.05, 4.69) is 57.0 Å². The van der Waals surface area contributed by atoms with Crippen molar-refractivity contribution in [2.24, 2.45) is 0 Å². The van der Waals surface area contributed by atoms with Crippen molar-refractivity contribution in [3.05, 3.63) is 40.2 Å². The molecule has 164 valence electrons. The van der Waals surface area contributed by atoms with E-state index in [9.17, 15) is 10.5 Å². The lowest BCUT2D eigenvalue weighted by Crippen LogP contribution is -2.23. The zero-order chi connectivity index (χ0) is 22.8. The number of hydrogen-bond acceptors (Lipinski definition) is 8. The van der Waals surface area contributed by atoms with Crippen LogP contribution in [0.3, 0.4) is 0 Å². The fraction of sp³-hybridized carbons (Fsp3) is 0.409. The number of imidazole rings is 1. The van der Waals surface area contributed by atoms with Crippen LogP contribution in [0, 0.1) is 22.7 Å². The summed E-state index contributed by atoms with van der Waals surface area (Å²) in [6, 6.07) is 8.58. The molecule has 1 aromatic carbocycles. The average molecular weight is 450 g/mol. The van der Waals surface area contributed by atoms with Gasteiger partial charge in [0.1, 0.15) is 6.07 Å². The minimum absolute atomic E-state index is 0.157. The fourth-order valence-corrected chi connectivity index (χ4v) is 3.83. The summed E-state index contributed by atoms with van der Waals surface area (Å²) >= 11 is 6.58. The van der Waals surface area contributed by atoms with Crippen molar-refractivity contribution in [2.75, 3.05) is 17.7 Å². The minimum Gasteiger partial charge on any atom is -0.364 e. The lowest BCUT2D eigenvalue weighted by molar-refractivity contribution is 0.515. The number of nitrogens with zero attached hydrogens (tertiary/aromatic N) is 6. The van der Waals surface area contributed by atoms with Crippen LogP contribution in [-0.2, 0) is 0 Å². The van der Waals surface area contributed by atoms with Crippen LogP contribution < -0.4 is 16.0 Å². The van der Waals surface area contributed by atoms with Gasteiger partial charge < -0.3 is 16.0 Å². The Morgan fingerprint density at radius 3 is 2.69 bits per heavy atom. The second-order valence-electron chi connectivity index (χ2n) is 8.18. The predicted molar refractivity (Wildman–Crippen MR) is 123 cm³/mol. The molecule has 2 atom stereocenters. The molecule has 1 aliphatic rings. The van der Waals surface area contributed by atoms with Gasteiger partial charge in [0.05, 0.1) is 28.5 Å². The van der Waals surface area contributed by atoms with E-state index in [4.69, 9.17) is 11.6 Å². The van der Waals surface area contributed by atoms with Gasteiger partial charge in [-0.05, 0) is 56.8 Å². The third-order valence-electron chi connectivity index (χ3n) is 5.63. The highest BCUT2D eigenvalue weighted by Gasteiger charge is 2.24. The van der Waals surface area contributed by atoms with Crippen LogP contribution >= 0.6 is 11.6 Å². The second-order valence-corrected chi connectivity index (χ2v) is 8.58. The van der Waals surface area contributed by atoms with E-state index in [1.807, 2.05) is 13.1 Å². The maximum absolute atomic E-state index is 9.75. The van der Waals surface area contributed by atoms with Gasteiger partial charge in [0, 0.05) is 12.1 Å². The molecule has 0 amide bonds. The molecule has 0 aliphatic heterocycles. The minimum atomic E-state index is 0.157. The number of rotatable bonds is 8. The standard InChI is InChI=1S/C22H24ClN9/c1-12(6-13(2)26-3)17-8-18(23)19(7-14(17)9-24)29-22-30-20(28-15-4-5-15)21-27-11-16(10-25)32(21)31-22/h7-8,11-13,15,26H,4-6H2,1-3H3,(H2,28,29,30,31). The van der Waals surface area contributed by atoms with E-state index in [1.165, 1.54) is 10.7 Å². The summed E-state index contributed by atoms with van der Waals surface area (Å²) in [6.07, 6.45) is 4.47. The Labute approximate surface area is 191 Å². The van der Waals surface area contributed by atoms with Gasteiger partial charge in [-0.3, -0.25) is 0 Å². The number of nitriles is 2. The first-order valence-corrected chi connectivity index (χ1v) is 10.9. The van der Waals surface area contributed by atoms with Gasteiger partial charge in [0.15, 0.2) is 17.2 Å². The van der Waals surface area contributed by atoms with Crippen molar-refractivity contribution in [1.29, 1.82) is 10.5 Å². The molecule has 2 unspecified atom stereocenters. The molecule has 9 nitrogen and oxygen atoms in total. The molecule has 3 aromatic rings. The quantitative estimate of drug-likeness (QED) is 0.472. The van der Waals surface area contributed by atoms with E-state index in [1.54, 1.807) is 6.07 Å². The monoisotopic (exact) mass is 449 g/mol. The van der Waals surface area contributed by atoms with E-state index in [-0.39, 0.29) is 11.9 Å². The molecule has 1 saturated carbocycles. The van der Waals surface area contributed by atoms with E-state index < -0.39 is 0 Å². The molecule has 2 heterocycles. The van der Waals surface area contributed by atoms with Crippen molar-refractivity contribution >= 4 is 34.7 Å². The normalized spacial score (nSPS) is 15.1. The summed E-state index contributed by atoms with van der Waals surface area (Å²) in [5.74, 6) is 0.963. The molecule has 4 rings (SSSR count). The second kappa shape index (κ2) is 8.99. The summed E-state index contributed by atoms with van der Waals surface area (Å²) in [5, 5.41) is 33.7. The predicted octanol–water partition coefficient (Wildman–Crippen LogP) is 3.94. The molecule has 1 aliphatic carbocycles. The molecule has 32 heavy (non-hydrogen) atoms. The molecule has 0 bridgehead atoms. The first-order chi connectivity index (χ1) is 15.4. The van der Waals surface area contributed by atoms with Crippen molar-refractivity contribution in [2.45, 2.75) is 51.1 Å². The largest absolute Gasteiger partial charge is 0.364 e. The SMILES string of the molecule is CNC(C)CC(C)c1cc(Cl)c(Nc2nc(NC3CC3)c3ncc(C#N)n3n2)cc1C#N. The third kappa shape index (κ3) is 4.45. The van der Waals surface area contributed by atoms with E-state index in [0.29, 0.717) is 45.5 Å². The van der Waals surface area contributed by atoms with Gasteiger partial charge in [-0.25, -0.2) is 4.98 Å². The number of halogens is 1. The van der Waals surface area contributed by atoms with Crippen LogP contribution in [0.2, 0.25) is 5.02 Å². The van der Waals surface area contributed by atoms with Crippen LogP contribution in [0.5, 0.6) is 0 Å². The fourth-order valence-electron chi connectivity index (χ4n) is 3.61. The number of hydrogen-bond donors (Lipinski definition) is 3. The van der Waals surface area contributed by atoms with Crippen LogP contribution in [0.1, 0.15) is 55.8 Å². The smallest absolute Gasteiger partial charge is 0.247 e. The molecule has 0 radical (unpaired) electrons. The average Bonchev–Trinajstić information content (AvgIpc) is 3.50. The topological polar surface area (TPSA) is 127 Å². The van der Waals surface area contributed by atoms with Crippen LogP contribution in [0.15, 0.2) is 18.3 Å². The summed E-state index contributed by atoms with van der Waals surface area (Å²) in [7, 11) is 1.92. The summed E-state index contributed by atoms with van der Waals surface area (Å²) in [6.45, 7) is 4.19. The zero-order valence-electron chi connectivity index (χ0n) is 18.1. The van der Waals surface area contributed by atoms with Gasteiger partial charge in [-0.15, -0.1) is 5.10 Å². The molecule has 3 N–H and O–H groups in total. The van der Waals surface area contributed by atoms with Gasteiger partial charge >= 0.3 is 0 Å². The van der Waals surface area contributed by atoms with Gasteiger partial charge in [-0.1, -0.05) is 18.5 Å². The number of nitrogens with one attached hydrogen (secondary N) is 3. The Kier molecular flexibility index (Phi) is 6.13. The summed E-state index contributed by atoms with van der Waals surface area (Å²) < 4.78 is 1.45. The van der Waals surface area contributed by atoms with E-state index in [0.717, 1.165) is 24.8 Å². The van der Waals surface area contributed by atoms with Crippen LogP contribution in [0.25, 0.3) is 5.65 Å². The highest BCUT2D eigenvalue weighted by Crippen LogP contribution is 2.34. The van der Waals surface area contributed by atoms with Gasteiger partial charge in [0.2, 0.25) is 5.95 Å². The Bertz CT molecular complexity index is 1230. The molecule has 2 aromatic heterocycles. The lowest BCUT2D eigenvalue weighted by Gasteiger charge is -2.19. The number of anilines is 3.